The number of nitrogens with one attached hydrogen (secondary N) is 1. The summed E-state index contributed by atoms with van der Waals surface area (Å²) in [5.74, 6) is -1.29. The average Bonchev–Trinajstić information content (AvgIpc) is 2.55. The minimum atomic E-state index is -4.00. The van der Waals surface area contributed by atoms with Crippen LogP contribution in [0.4, 0.5) is 0 Å². The number of nitriles is 1. The lowest BCUT2D eigenvalue weighted by Crippen LogP contribution is -2.42. The summed E-state index contributed by atoms with van der Waals surface area (Å²) in [6.07, 6.45) is -0.0478. The van der Waals surface area contributed by atoms with Crippen LogP contribution < -0.4 is 4.72 Å². The van der Waals surface area contributed by atoms with Crippen molar-refractivity contribution in [3.63, 3.8) is 0 Å². The standard InChI is InChI=1S/C16H13ClN2O4S/c17-13-5-7-14(8-6-13)24(22,23)19-15(16(20)21)9-11-1-3-12(10-18)4-2-11/h1-8,15,19H,9H2,(H,20,21). The minimum absolute atomic E-state index is 0.0478. The van der Waals surface area contributed by atoms with Crippen LogP contribution in [0.1, 0.15) is 11.1 Å². The second kappa shape index (κ2) is 7.45. The molecule has 2 N–H and O–H groups in total. The van der Waals surface area contributed by atoms with Crippen LogP contribution in [0.3, 0.4) is 0 Å². The maximum Gasteiger partial charge on any atom is 0.322 e. The summed E-state index contributed by atoms with van der Waals surface area (Å²) in [6, 6.07) is 12.3. The van der Waals surface area contributed by atoms with Crippen molar-refractivity contribution in [2.24, 2.45) is 0 Å². The lowest BCUT2D eigenvalue weighted by Gasteiger charge is -2.15. The van der Waals surface area contributed by atoms with E-state index < -0.39 is 22.0 Å². The summed E-state index contributed by atoms with van der Waals surface area (Å²) in [4.78, 5) is 11.3. The number of rotatable bonds is 6. The van der Waals surface area contributed by atoms with E-state index in [4.69, 9.17) is 16.9 Å². The molecule has 1 unspecified atom stereocenters. The number of carboxylic acids is 1. The van der Waals surface area contributed by atoms with Crippen molar-refractivity contribution in [1.82, 2.24) is 4.72 Å². The lowest BCUT2D eigenvalue weighted by atomic mass is 10.1. The molecular formula is C16H13ClN2O4S. The third-order valence-electron chi connectivity index (χ3n) is 3.24. The summed E-state index contributed by atoms with van der Waals surface area (Å²) in [5.41, 5.74) is 1.03. The van der Waals surface area contributed by atoms with E-state index in [0.717, 1.165) is 0 Å². The number of halogens is 1. The molecule has 0 aromatic heterocycles. The molecule has 0 aliphatic carbocycles. The van der Waals surface area contributed by atoms with E-state index in [1.165, 1.54) is 24.3 Å². The molecule has 6 nitrogen and oxygen atoms in total. The van der Waals surface area contributed by atoms with Gasteiger partial charge in [0.05, 0.1) is 16.5 Å². The van der Waals surface area contributed by atoms with Crippen LogP contribution in [0.25, 0.3) is 0 Å². The Morgan fingerprint density at radius 2 is 1.75 bits per heavy atom. The fourth-order valence-electron chi connectivity index (χ4n) is 2.00. The normalized spacial score (nSPS) is 12.3. The fraction of sp³-hybridized carbons (Fsp3) is 0.125. The monoisotopic (exact) mass is 364 g/mol. The Morgan fingerprint density at radius 3 is 2.25 bits per heavy atom. The predicted octanol–water partition coefficient (Wildman–Crippen LogP) is 2.19. The molecule has 24 heavy (non-hydrogen) atoms. The van der Waals surface area contributed by atoms with Gasteiger partial charge in [-0.15, -0.1) is 0 Å². The molecule has 2 rings (SSSR count). The summed E-state index contributed by atoms with van der Waals surface area (Å²) in [7, 11) is -4.00. The predicted molar refractivity (Wildman–Crippen MR) is 88.1 cm³/mol. The first-order valence-electron chi connectivity index (χ1n) is 6.81. The Morgan fingerprint density at radius 1 is 1.17 bits per heavy atom. The Balaban J connectivity index is 2.20. The van der Waals surface area contributed by atoms with Gasteiger partial charge in [-0.25, -0.2) is 8.42 Å². The number of aliphatic carboxylic acids is 1. The molecule has 0 aliphatic heterocycles. The van der Waals surface area contributed by atoms with Crippen molar-refractivity contribution in [2.45, 2.75) is 17.4 Å². The van der Waals surface area contributed by atoms with Crippen molar-refractivity contribution in [1.29, 1.82) is 5.26 Å². The van der Waals surface area contributed by atoms with E-state index in [1.807, 2.05) is 6.07 Å². The van der Waals surface area contributed by atoms with Gasteiger partial charge >= 0.3 is 5.97 Å². The zero-order chi connectivity index (χ0) is 17.7. The molecule has 0 saturated carbocycles. The van der Waals surface area contributed by atoms with E-state index in [1.54, 1.807) is 24.3 Å². The highest BCUT2D eigenvalue weighted by Gasteiger charge is 2.25. The molecular weight excluding hydrogens is 352 g/mol. The van der Waals surface area contributed by atoms with Crippen LogP contribution in [0.2, 0.25) is 5.02 Å². The molecule has 0 fully saturated rings. The molecule has 0 saturated heterocycles. The summed E-state index contributed by atoms with van der Waals surface area (Å²) >= 11 is 5.72. The molecule has 1 atom stereocenters. The third kappa shape index (κ3) is 4.55. The number of carboxylic acid groups (broad SMARTS) is 1. The molecule has 0 radical (unpaired) electrons. The van der Waals surface area contributed by atoms with E-state index in [2.05, 4.69) is 4.72 Å². The lowest BCUT2D eigenvalue weighted by molar-refractivity contribution is -0.138. The van der Waals surface area contributed by atoms with Crippen LogP contribution in [-0.2, 0) is 21.2 Å². The first kappa shape index (κ1) is 17.9. The summed E-state index contributed by atoms with van der Waals surface area (Å²) in [5, 5.41) is 18.4. The van der Waals surface area contributed by atoms with Gasteiger partial charge in [0, 0.05) is 5.02 Å². The Labute approximate surface area is 144 Å². The van der Waals surface area contributed by atoms with Gasteiger partial charge in [-0.2, -0.15) is 9.98 Å². The molecule has 0 aliphatic rings. The zero-order valence-corrected chi connectivity index (χ0v) is 13.9. The topological polar surface area (TPSA) is 107 Å². The van der Waals surface area contributed by atoms with Crippen LogP contribution in [-0.4, -0.2) is 25.5 Å². The van der Waals surface area contributed by atoms with Crippen LogP contribution in [0.5, 0.6) is 0 Å². The SMILES string of the molecule is N#Cc1ccc(CC(NS(=O)(=O)c2ccc(Cl)cc2)C(=O)O)cc1. The van der Waals surface area contributed by atoms with Gasteiger partial charge in [-0.05, 0) is 48.4 Å². The van der Waals surface area contributed by atoms with Crippen LogP contribution in [0.15, 0.2) is 53.4 Å². The second-order valence-electron chi connectivity index (χ2n) is 4.98. The summed E-state index contributed by atoms with van der Waals surface area (Å²) in [6.45, 7) is 0. The smallest absolute Gasteiger partial charge is 0.322 e. The average molecular weight is 365 g/mol. The summed E-state index contributed by atoms with van der Waals surface area (Å²) < 4.78 is 26.7. The van der Waals surface area contributed by atoms with Crippen molar-refractivity contribution < 1.29 is 18.3 Å². The second-order valence-corrected chi connectivity index (χ2v) is 7.13. The number of nitrogens with zero attached hydrogens (tertiary/aromatic N) is 1. The third-order valence-corrected chi connectivity index (χ3v) is 4.98. The quantitative estimate of drug-likeness (QED) is 0.816. The highest BCUT2D eigenvalue weighted by molar-refractivity contribution is 7.89. The molecule has 0 heterocycles. The van der Waals surface area contributed by atoms with Crippen molar-refractivity contribution in [3.05, 3.63) is 64.7 Å². The molecule has 124 valence electrons. The molecule has 0 spiro atoms. The number of hydrogen-bond donors (Lipinski definition) is 2. The highest BCUT2D eigenvalue weighted by atomic mass is 35.5. The van der Waals surface area contributed by atoms with Gasteiger partial charge in [0.25, 0.3) is 0 Å². The van der Waals surface area contributed by atoms with Crippen molar-refractivity contribution in [2.75, 3.05) is 0 Å². The maximum absolute atomic E-state index is 12.3. The van der Waals surface area contributed by atoms with Crippen molar-refractivity contribution >= 4 is 27.6 Å². The Bertz CT molecular complexity index is 872. The van der Waals surface area contributed by atoms with E-state index in [0.29, 0.717) is 16.1 Å². The van der Waals surface area contributed by atoms with Gasteiger partial charge in [-0.1, -0.05) is 23.7 Å². The molecule has 2 aromatic rings. The Hall–Kier alpha value is -2.40. The Kier molecular flexibility index (Phi) is 5.57. The van der Waals surface area contributed by atoms with Gasteiger partial charge < -0.3 is 5.11 Å². The van der Waals surface area contributed by atoms with Gasteiger partial charge in [0.15, 0.2) is 0 Å². The largest absolute Gasteiger partial charge is 0.480 e. The highest BCUT2D eigenvalue weighted by Crippen LogP contribution is 2.15. The zero-order valence-electron chi connectivity index (χ0n) is 12.3. The number of sulfonamides is 1. The van der Waals surface area contributed by atoms with Crippen LogP contribution in [0, 0.1) is 11.3 Å². The molecule has 0 amide bonds. The number of hydrogen-bond acceptors (Lipinski definition) is 4. The molecule has 8 heteroatoms. The number of carbonyl (C=O) groups is 1. The fourth-order valence-corrected chi connectivity index (χ4v) is 3.31. The first-order valence-corrected chi connectivity index (χ1v) is 8.67. The number of benzene rings is 2. The van der Waals surface area contributed by atoms with Crippen molar-refractivity contribution in [3.8, 4) is 6.07 Å². The van der Waals surface area contributed by atoms with Gasteiger partial charge in [0.1, 0.15) is 6.04 Å². The molecule has 0 bridgehead atoms. The minimum Gasteiger partial charge on any atom is -0.480 e. The molecule has 2 aromatic carbocycles. The van der Waals surface area contributed by atoms with Gasteiger partial charge in [0.2, 0.25) is 10.0 Å². The van der Waals surface area contributed by atoms with E-state index in [-0.39, 0.29) is 11.3 Å². The van der Waals surface area contributed by atoms with E-state index in [9.17, 15) is 18.3 Å². The van der Waals surface area contributed by atoms with Crippen LogP contribution >= 0.6 is 11.6 Å². The van der Waals surface area contributed by atoms with E-state index >= 15 is 0 Å². The maximum atomic E-state index is 12.3. The van der Waals surface area contributed by atoms with Gasteiger partial charge in [-0.3, -0.25) is 4.79 Å². The first-order chi connectivity index (χ1) is 11.3.